The highest BCUT2D eigenvalue weighted by Gasteiger charge is 2.25. The van der Waals surface area contributed by atoms with Gasteiger partial charge >= 0.3 is 0 Å². The Labute approximate surface area is 452 Å². The molecule has 0 amide bonds. The molecular weight excluding hydrogens is 947 g/mol. The van der Waals surface area contributed by atoms with Crippen LogP contribution in [0.25, 0.3) is 104 Å². The van der Waals surface area contributed by atoms with Crippen molar-refractivity contribution in [3.8, 4) is 39.1 Å². The third kappa shape index (κ3) is 7.69. The zero-order valence-corrected chi connectivity index (χ0v) is 42.5. The summed E-state index contributed by atoms with van der Waals surface area (Å²) in [5, 5.41) is 9.29. The summed E-state index contributed by atoms with van der Waals surface area (Å²) in [4.78, 5) is 4.91. The van der Waals surface area contributed by atoms with E-state index in [4.69, 9.17) is 4.42 Å². The number of aromatic nitrogens is 1. The Morgan fingerprint density at radius 3 is 1.47 bits per heavy atom. The predicted octanol–water partition coefficient (Wildman–Crippen LogP) is 20.9. The Kier molecular flexibility index (Phi) is 10.8. The summed E-state index contributed by atoms with van der Waals surface area (Å²) < 4.78 is 8.93. The van der Waals surface area contributed by atoms with Gasteiger partial charge in [0, 0.05) is 55.7 Å². The van der Waals surface area contributed by atoms with E-state index in [2.05, 4.69) is 306 Å². The number of anilines is 6. The SMILES string of the molecule is c1ccc(-c2ccc(N(c3ccc(-c4ccccc4)cc3)c3cc(-c4cc5ccccc5c5ccccc45)cc(N(c4ccc5oc6ccccc6c5c4)c4cccc5c4c4ccccc4n5-c4ccccc4)c3)cc2)cc1. The molecule has 4 heteroatoms. The van der Waals surface area contributed by atoms with E-state index in [1.54, 1.807) is 0 Å². The molecule has 0 saturated carbocycles. The van der Waals surface area contributed by atoms with E-state index < -0.39 is 0 Å². The van der Waals surface area contributed by atoms with Gasteiger partial charge < -0.3 is 18.8 Å². The molecule has 0 aliphatic heterocycles. The summed E-state index contributed by atoms with van der Waals surface area (Å²) in [5.74, 6) is 0. The first kappa shape index (κ1) is 45.0. The normalized spacial score (nSPS) is 11.6. The molecule has 13 aromatic carbocycles. The number of para-hydroxylation sites is 3. The van der Waals surface area contributed by atoms with E-state index in [9.17, 15) is 0 Å². The highest BCUT2D eigenvalue weighted by molar-refractivity contribution is 6.18. The molecule has 0 aliphatic carbocycles. The maximum Gasteiger partial charge on any atom is 0.135 e. The average molecular weight is 996 g/mol. The fraction of sp³-hybridized carbons (Fsp3) is 0. The minimum absolute atomic E-state index is 0.847. The molecule has 0 fully saturated rings. The lowest BCUT2D eigenvalue weighted by molar-refractivity contribution is 0.669. The lowest BCUT2D eigenvalue weighted by Gasteiger charge is -2.31. The lowest BCUT2D eigenvalue weighted by Crippen LogP contribution is -2.14. The molecule has 0 atom stereocenters. The van der Waals surface area contributed by atoms with Crippen molar-refractivity contribution in [3.05, 3.63) is 297 Å². The molecule has 78 heavy (non-hydrogen) atoms. The maximum atomic E-state index is 6.52. The third-order valence-electron chi connectivity index (χ3n) is 15.5. The Balaban J connectivity index is 1.04. The third-order valence-corrected chi connectivity index (χ3v) is 15.5. The van der Waals surface area contributed by atoms with Gasteiger partial charge in [0.15, 0.2) is 0 Å². The van der Waals surface area contributed by atoms with Crippen LogP contribution >= 0.6 is 0 Å². The number of nitrogens with zero attached hydrogens (tertiary/aromatic N) is 3. The molecular formula is C74H49N3O. The quantitative estimate of drug-likeness (QED) is 0.128. The van der Waals surface area contributed by atoms with Crippen molar-refractivity contribution in [2.45, 2.75) is 0 Å². The van der Waals surface area contributed by atoms with Gasteiger partial charge in [-0.2, -0.15) is 0 Å². The highest BCUT2D eigenvalue weighted by Crippen LogP contribution is 2.49. The monoisotopic (exact) mass is 995 g/mol. The van der Waals surface area contributed by atoms with Gasteiger partial charge in [-0.05, 0) is 158 Å². The van der Waals surface area contributed by atoms with Gasteiger partial charge in [-0.3, -0.25) is 0 Å². The highest BCUT2D eigenvalue weighted by atomic mass is 16.3. The molecule has 0 spiro atoms. The first-order valence-corrected chi connectivity index (χ1v) is 26.6. The number of rotatable bonds is 10. The molecule has 366 valence electrons. The molecule has 0 N–H and O–H groups in total. The van der Waals surface area contributed by atoms with Gasteiger partial charge in [0.25, 0.3) is 0 Å². The first-order valence-electron chi connectivity index (χ1n) is 26.6. The zero-order valence-electron chi connectivity index (χ0n) is 42.5. The van der Waals surface area contributed by atoms with Crippen LogP contribution < -0.4 is 9.80 Å². The van der Waals surface area contributed by atoms with E-state index in [0.29, 0.717) is 0 Å². The fourth-order valence-corrected chi connectivity index (χ4v) is 11.9. The second kappa shape index (κ2) is 18.7. The van der Waals surface area contributed by atoms with Crippen molar-refractivity contribution in [1.29, 1.82) is 0 Å². The van der Waals surface area contributed by atoms with Crippen molar-refractivity contribution >= 4 is 99.4 Å². The van der Waals surface area contributed by atoms with Crippen molar-refractivity contribution in [3.63, 3.8) is 0 Å². The largest absolute Gasteiger partial charge is 0.456 e. The molecule has 0 aliphatic rings. The molecule has 0 radical (unpaired) electrons. The maximum absolute atomic E-state index is 6.52. The lowest BCUT2D eigenvalue weighted by atomic mass is 9.92. The van der Waals surface area contributed by atoms with Crippen LogP contribution in [-0.2, 0) is 0 Å². The molecule has 15 rings (SSSR count). The average Bonchev–Trinajstić information content (AvgIpc) is 4.16. The predicted molar refractivity (Wildman–Crippen MR) is 329 cm³/mol. The summed E-state index contributed by atoms with van der Waals surface area (Å²) >= 11 is 0. The first-order chi connectivity index (χ1) is 38.7. The van der Waals surface area contributed by atoms with Crippen LogP contribution in [-0.4, -0.2) is 4.57 Å². The van der Waals surface area contributed by atoms with Crippen molar-refractivity contribution in [2.75, 3.05) is 9.80 Å². The van der Waals surface area contributed by atoms with Crippen LogP contribution in [0.4, 0.5) is 34.1 Å². The molecule has 2 heterocycles. The topological polar surface area (TPSA) is 24.6 Å². The molecule has 2 aromatic heterocycles. The minimum atomic E-state index is 0.847. The molecule has 4 nitrogen and oxygen atoms in total. The second-order valence-corrected chi connectivity index (χ2v) is 20.1. The summed E-state index contributed by atoms with van der Waals surface area (Å²) in [6.45, 7) is 0. The van der Waals surface area contributed by atoms with Crippen LogP contribution in [0.1, 0.15) is 0 Å². The van der Waals surface area contributed by atoms with Gasteiger partial charge in [0.05, 0.1) is 16.7 Å². The van der Waals surface area contributed by atoms with Crippen LogP contribution in [0, 0.1) is 0 Å². The smallest absolute Gasteiger partial charge is 0.135 e. The molecule has 0 bridgehead atoms. The number of hydrogen-bond acceptors (Lipinski definition) is 3. The summed E-state index contributed by atoms with van der Waals surface area (Å²) in [7, 11) is 0. The zero-order chi connectivity index (χ0) is 51.5. The van der Waals surface area contributed by atoms with E-state index in [0.717, 1.165) is 100 Å². The second-order valence-electron chi connectivity index (χ2n) is 20.1. The summed E-state index contributed by atoms with van der Waals surface area (Å²) in [5.41, 5.74) is 18.2. The van der Waals surface area contributed by atoms with Gasteiger partial charge in [-0.1, -0.05) is 194 Å². The summed E-state index contributed by atoms with van der Waals surface area (Å²) in [6.07, 6.45) is 0. The van der Waals surface area contributed by atoms with Crippen molar-refractivity contribution < 1.29 is 4.42 Å². The van der Waals surface area contributed by atoms with Gasteiger partial charge in [0.1, 0.15) is 11.2 Å². The number of benzene rings is 13. The number of furan rings is 1. The van der Waals surface area contributed by atoms with Crippen LogP contribution in [0.15, 0.2) is 302 Å². The van der Waals surface area contributed by atoms with Crippen molar-refractivity contribution in [2.24, 2.45) is 0 Å². The molecule has 0 unspecified atom stereocenters. The van der Waals surface area contributed by atoms with Gasteiger partial charge in [0.2, 0.25) is 0 Å². The standard InChI is InChI=1S/C74H49N3O/c1-4-19-50(20-5-1)52-35-39-57(40-36-52)75(58-41-37-53(38-42-58)51-21-6-2-7-22-51)60-45-55(67-47-54-23-10-11-26-62(54)63-27-12-13-28-64(63)67)46-61(48-60)76(59-43-44-73-68(49-59)65-29-15-17-34-72(65)78-73)70-32-18-33-71-74(70)66-30-14-16-31-69(66)77(71)56-24-8-3-9-25-56/h1-49H. The van der Waals surface area contributed by atoms with Crippen LogP contribution in [0.2, 0.25) is 0 Å². The summed E-state index contributed by atoms with van der Waals surface area (Å²) in [6, 6.07) is 108. The van der Waals surface area contributed by atoms with Crippen molar-refractivity contribution in [1.82, 2.24) is 4.57 Å². The van der Waals surface area contributed by atoms with E-state index in [-0.39, 0.29) is 0 Å². The van der Waals surface area contributed by atoms with Gasteiger partial charge in [-0.25, -0.2) is 0 Å². The number of hydrogen-bond donors (Lipinski definition) is 0. The number of fused-ring (bicyclic) bond motifs is 9. The Bertz CT molecular complexity index is 4630. The Morgan fingerprint density at radius 1 is 0.269 bits per heavy atom. The minimum Gasteiger partial charge on any atom is -0.456 e. The van der Waals surface area contributed by atoms with E-state index >= 15 is 0 Å². The molecule has 0 saturated heterocycles. The Hall–Kier alpha value is -10.4. The molecule has 15 aromatic rings. The fourth-order valence-electron chi connectivity index (χ4n) is 11.9. The van der Waals surface area contributed by atoms with E-state index in [1.165, 1.54) is 38.1 Å². The van der Waals surface area contributed by atoms with Gasteiger partial charge in [-0.15, -0.1) is 0 Å². The van der Waals surface area contributed by atoms with Crippen LogP contribution in [0.3, 0.4) is 0 Å². The van der Waals surface area contributed by atoms with E-state index in [1.807, 2.05) is 6.07 Å². The Morgan fingerprint density at radius 2 is 0.782 bits per heavy atom. The van der Waals surface area contributed by atoms with Crippen LogP contribution in [0.5, 0.6) is 0 Å².